The van der Waals surface area contributed by atoms with Crippen molar-refractivity contribution in [2.75, 3.05) is 6.73 Å². The second-order valence-corrected chi connectivity index (χ2v) is 8.12. The average Bonchev–Trinajstić information content (AvgIpc) is 3.33. The molecule has 0 amide bonds. The molecule has 29 heavy (non-hydrogen) atoms. The van der Waals surface area contributed by atoms with E-state index in [1.54, 1.807) is 12.3 Å². The molecule has 2 aliphatic heterocycles. The number of nitrogens with zero attached hydrogens (tertiary/aromatic N) is 1. The van der Waals surface area contributed by atoms with Gasteiger partial charge < -0.3 is 13.9 Å². The highest BCUT2D eigenvalue weighted by Crippen LogP contribution is 2.44. The van der Waals surface area contributed by atoms with Crippen LogP contribution in [0.3, 0.4) is 0 Å². The van der Waals surface area contributed by atoms with Gasteiger partial charge in [0.2, 0.25) is 5.78 Å². The fourth-order valence-corrected chi connectivity index (χ4v) is 3.97. The van der Waals surface area contributed by atoms with Gasteiger partial charge in [0.1, 0.15) is 24.0 Å². The van der Waals surface area contributed by atoms with Crippen LogP contribution >= 0.6 is 15.9 Å². The molecular weight excluding hydrogens is 434 g/mol. The van der Waals surface area contributed by atoms with Gasteiger partial charge in [0.05, 0.1) is 23.9 Å². The minimum Gasteiger partial charge on any atom is -0.478 e. The van der Waals surface area contributed by atoms with E-state index in [-0.39, 0.29) is 5.78 Å². The molecule has 0 radical (unpaired) electrons. The lowest BCUT2D eigenvalue weighted by Crippen LogP contribution is -2.31. The summed E-state index contributed by atoms with van der Waals surface area (Å²) in [6.07, 6.45) is 3.45. The van der Waals surface area contributed by atoms with Gasteiger partial charge in [-0.05, 0) is 54.5 Å². The Labute approximate surface area is 176 Å². The van der Waals surface area contributed by atoms with Crippen LogP contribution in [0.4, 0.5) is 0 Å². The summed E-state index contributed by atoms with van der Waals surface area (Å²) in [6, 6.07) is 13.5. The molecule has 0 saturated heterocycles. The highest BCUT2D eigenvalue weighted by atomic mass is 79.9. The van der Waals surface area contributed by atoms with E-state index in [2.05, 4.69) is 20.8 Å². The summed E-state index contributed by atoms with van der Waals surface area (Å²) in [5.41, 5.74) is 3.29. The minimum absolute atomic E-state index is 0.0913. The first-order valence-electron chi connectivity index (χ1n) is 9.32. The van der Waals surface area contributed by atoms with Crippen LogP contribution in [0.15, 0.2) is 63.4 Å². The van der Waals surface area contributed by atoms with Gasteiger partial charge in [0.25, 0.3) is 0 Å². The van der Waals surface area contributed by atoms with Crippen molar-refractivity contribution >= 4 is 27.8 Å². The predicted octanol–water partition coefficient (Wildman–Crippen LogP) is 5.32. The van der Waals surface area contributed by atoms with Gasteiger partial charge in [-0.25, -0.2) is 0 Å². The zero-order chi connectivity index (χ0) is 20.0. The summed E-state index contributed by atoms with van der Waals surface area (Å²) in [6.45, 7) is 3.63. The number of fused-ring (bicyclic) bond motifs is 3. The number of furan rings is 1. The first-order chi connectivity index (χ1) is 14.1. The van der Waals surface area contributed by atoms with Crippen molar-refractivity contribution in [2.24, 2.45) is 0 Å². The SMILES string of the molecule is Cc1cc2c(c3c1C(=O)/C(=C/c1ccc(Br)cc1)O3)CN(Cc1ccco1)CO2. The molecule has 3 heterocycles. The molecular formula is C23H18BrNO4. The number of carbonyl (C=O) groups excluding carboxylic acids is 1. The van der Waals surface area contributed by atoms with Crippen molar-refractivity contribution in [1.29, 1.82) is 0 Å². The summed E-state index contributed by atoms with van der Waals surface area (Å²) in [5.74, 6) is 2.49. The Morgan fingerprint density at radius 3 is 2.79 bits per heavy atom. The van der Waals surface area contributed by atoms with Gasteiger partial charge in [-0.1, -0.05) is 28.1 Å². The smallest absolute Gasteiger partial charge is 0.232 e. The van der Waals surface area contributed by atoms with Gasteiger partial charge in [-0.3, -0.25) is 9.69 Å². The van der Waals surface area contributed by atoms with E-state index < -0.39 is 0 Å². The number of carbonyl (C=O) groups is 1. The highest BCUT2D eigenvalue weighted by molar-refractivity contribution is 9.10. The summed E-state index contributed by atoms with van der Waals surface area (Å²) >= 11 is 3.43. The molecule has 0 spiro atoms. The van der Waals surface area contributed by atoms with Crippen LogP contribution in [0.5, 0.6) is 11.5 Å². The molecule has 0 atom stereocenters. The molecule has 1 aromatic heterocycles. The lowest BCUT2D eigenvalue weighted by atomic mass is 9.98. The fourth-order valence-electron chi connectivity index (χ4n) is 3.71. The largest absolute Gasteiger partial charge is 0.478 e. The van der Waals surface area contributed by atoms with E-state index in [4.69, 9.17) is 13.9 Å². The van der Waals surface area contributed by atoms with E-state index in [0.717, 1.165) is 32.7 Å². The second kappa shape index (κ2) is 7.21. The number of hydrogen-bond donors (Lipinski definition) is 0. The third-order valence-electron chi connectivity index (χ3n) is 5.12. The van der Waals surface area contributed by atoms with Gasteiger partial charge >= 0.3 is 0 Å². The Hall–Kier alpha value is -2.83. The topological polar surface area (TPSA) is 51.9 Å². The highest BCUT2D eigenvalue weighted by Gasteiger charge is 2.35. The Morgan fingerprint density at radius 2 is 2.03 bits per heavy atom. The zero-order valence-electron chi connectivity index (χ0n) is 15.8. The lowest BCUT2D eigenvalue weighted by Gasteiger charge is -2.29. The number of ether oxygens (including phenoxy) is 2. The second-order valence-electron chi connectivity index (χ2n) is 7.21. The quantitative estimate of drug-likeness (QED) is 0.504. The molecule has 5 nitrogen and oxygen atoms in total. The van der Waals surface area contributed by atoms with Crippen molar-refractivity contribution in [3.8, 4) is 11.5 Å². The average molecular weight is 452 g/mol. The monoisotopic (exact) mass is 451 g/mol. The molecule has 3 aromatic rings. The van der Waals surface area contributed by atoms with Crippen molar-refractivity contribution in [3.63, 3.8) is 0 Å². The van der Waals surface area contributed by atoms with E-state index >= 15 is 0 Å². The van der Waals surface area contributed by atoms with Gasteiger partial charge in [0, 0.05) is 11.0 Å². The molecule has 0 fully saturated rings. The molecule has 0 N–H and O–H groups in total. The fraction of sp³-hybridized carbons (Fsp3) is 0.174. The van der Waals surface area contributed by atoms with Crippen LogP contribution in [-0.4, -0.2) is 17.4 Å². The van der Waals surface area contributed by atoms with Gasteiger partial charge in [-0.15, -0.1) is 0 Å². The third-order valence-corrected chi connectivity index (χ3v) is 5.64. The maximum absolute atomic E-state index is 13.0. The third kappa shape index (κ3) is 3.39. The standard InChI is InChI=1S/C23H18BrNO4/c1-14-9-19-18(12-25(13-28-19)11-17-3-2-8-27-17)23-21(14)22(26)20(29-23)10-15-4-6-16(24)7-5-15/h2-10H,11-13H2,1H3/b20-10-. The molecule has 2 aromatic carbocycles. The molecule has 0 unspecified atom stereocenters. The summed E-state index contributed by atoms with van der Waals surface area (Å²) < 4.78 is 18.5. The summed E-state index contributed by atoms with van der Waals surface area (Å²) in [4.78, 5) is 15.2. The molecule has 5 rings (SSSR count). The first kappa shape index (κ1) is 18.2. The number of allylic oxidation sites excluding steroid dienone is 1. The Bertz CT molecular complexity index is 1120. The Balaban J connectivity index is 1.48. The van der Waals surface area contributed by atoms with Crippen LogP contribution < -0.4 is 9.47 Å². The van der Waals surface area contributed by atoms with Crippen molar-refractivity contribution in [3.05, 3.63) is 87.0 Å². The number of ketones is 1. The van der Waals surface area contributed by atoms with E-state index in [9.17, 15) is 4.79 Å². The van der Waals surface area contributed by atoms with Crippen molar-refractivity contribution < 1.29 is 18.7 Å². The van der Waals surface area contributed by atoms with Crippen LogP contribution in [-0.2, 0) is 13.1 Å². The van der Waals surface area contributed by atoms with Crippen molar-refractivity contribution in [2.45, 2.75) is 20.0 Å². The summed E-state index contributed by atoms with van der Waals surface area (Å²) in [5, 5.41) is 0. The summed E-state index contributed by atoms with van der Waals surface area (Å²) in [7, 11) is 0. The number of benzene rings is 2. The molecule has 146 valence electrons. The predicted molar refractivity (Wildman–Crippen MR) is 112 cm³/mol. The first-order valence-corrected chi connectivity index (χ1v) is 10.1. The lowest BCUT2D eigenvalue weighted by molar-refractivity contribution is 0.0809. The maximum atomic E-state index is 13.0. The van der Waals surface area contributed by atoms with Crippen LogP contribution in [0.2, 0.25) is 0 Å². The Kier molecular flexibility index (Phi) is 4.53. The van der Waals surface area contributed by atoms with Crippen molar-refractivity contribution in [1.82, 2.24) is 4.90 Å². The number of rotatable bonds is 3. The van der Waals surface area contributed by atoms with Crippen LogP contribution in [0.25, 0.3) is 6.08 Å². The molecule has 0 aliphatic carbocycles. The molecule has 2 aliphatic rings. The van der Waals surface area contributed by atoms with E-state index in [1.807, 2.05) is 49.4 Å². The molecule has 0 saturated carbocycles. The van der Waals surface area contributed by atoms with Gasteiger partial charge in [-0.2, -0.15) is 0 Å². The Morgan fingerprint density at radius 1 is 1.21 bits per heavy atom. The molecule has 6 heteroatoms. The van der Waals surface area contributed by atoms with Crippen LogP contribution in [0, 0.1) is 6.92 Å². The number of aryl methyl sites for hydroxylation is 1. The van der Waals surface area contributed by atoms with Crippen LogP contribution in [0.1, 0.15) is 32.8 Å². The molecule has 0 bridgehead atoms. The minimum atomic E-state index is -0.0913. The number of halogens is 1. The number of Topliss-reactive ketones (excluding diaryl/α,β-unsaturated/α-hetero) is 1. The normalized spacial score (nSPS) is 17.0. The van der Waals surface area contributed by atoms with E-state index in [0.29, 0.717) is 36.9 Å². The number of hydrogen-bond acceptors (Lipinski definition) is 5. The van der Waals surface area contributed by atoms with E-state index in [1.165, 1.54) is 0 Å². The van der Waals surface area contributed by atoms with Gasteiger partial charge in [0.15, 0.2) is 5.76 Å². The maximum Gasteiger partial charge on any atom is 0.232 e. The zero-order valence-corrected chi connectivity index (χ0v) is 17.4.